The maximum atomic E-state index is 11.6. The zero-order chi connectivity index (χ0) is 12.0. The molecule has 84 valence electrons. The van der Waals surface area contributed by atoms with Crippen molar-refractivity contribution in [2.24, 2.45) is 0 Å². The Bertz CT molecular complexity index is 416. The van der Waals surface area contributed by atoms with E-state index in [-0.39, 0.29) is 5.97 Å². The van der Waals surface area contributed by atoms with Gasteiger partial charge in [-0.2, -0.15) is 0 Å². The summed E-state index contributed by atoms with van der Waals surface area (Å²) in [6, 6.07) is 7.48. The molecule has 2 heteroatoms. The van der Waals surface area contributed by atoms with Gasteiger partial charge in [0, 0.05) is 5.57 Å². The number of allylic oxidation sites excluding steroid dienone is 2. The van der Waals surface area contributed by atoms with Crippen LogP contribution in [0.4, 0.5) is 0 Å². The molecule has 0 spiro atoms. The number of rotatable bonds is 4. The predicted molar refractivity (Wildman–Crippen MR) is 65.4 cm³/mol. The number of para-hydroxylation sites is 1. The van der Waals surface area contributed by atoms with Gasteiger partial charge in [-0.05, 0) is 31.9 Å². The highest BCUT2D eigenvalue weighted by Crippen LogP contribution is 2.19. The van der Waals surface area contributed by atoms with Crippen LogP contribution in [0.3, 0.4) is 0 Å². The van der Waals surface area contributed by atoms with Crippen molar-refractivity contribution >= 4 is 5.97 Å². The lowest BCUT2D eigenvalue weighted by Gasteiger charge is -2.08. The molecule has 0 fully saturated rings. The summed E-state index contributed by atoms with van der Waals surface area (Å²) in [6.45, 7) is 7.22. The smallest absolute Gasteiger partial charge is 0.338 e. The van der Waals surface area contributed by atoms with E-state index in [2.05, 4.69) is 6.58 Å². The van der Waals surface area contributed by atoms with Crippen molar-refractivity contribution < 1.29 is 9.53 Å². The van der Waals surface area contributed by atoms with Gasteiger partial charge in [0.15, 0.2) is 0 Å². The van der Waals surface area contributed by atoms with E-state index < -0.39 is 0 Å². The number of carbonyl (C=O) groups excluding carboxylic acids is 1. The van der Waals surface area contributed by atoms with Crippen molar-refractivity contribution in [3.63, 3.8) is 0 Å². The molecule has 0 aliphatic carbocycles. The molecule has 1 rings (SSSR count). The van der Waals surface area contributed by atoms with Crippen LogP contribution >= 0.6 is 0 Å². The fourth-order valence-electron chi connectivity index (χ4n) is 1.23. The van der Waals surface area contributed by atoms with E-state index >= 15 is 0 Å². The molecule has 1 aromatic carbocycles. The SMILES string of the molecule is C=CCc1ccccc1OC(=O)/C(C)=C/C. The van der Waals surface area contributed by atoms with Gasteiger partial charge >= 0.3 is 5.97 Å². The van der Waals surface area contributed by atoms with Crippen LogP contribution in [-0.4, -0.2) is 5.97 Å². The van der Waals surface area contributed by atoms with Crippen molar-refractivity contribution in [2.45, 2.75) is 20.3 Å². The molecular formula is C14H16O2. The minimum absolute atomic E-state index is 0.306. The topological polar surface area (TPSA) is 26.3 Å². The van der Waals surface area contributed by atoms with Crippen molar-refractivity contribution in [3.8, 4) is 5.75 Å². The average molecular weight is 216 g/mol. The standard InChI is InChI=1S/C14H16O2/c1-4-8-12-9-6-7-10-13(12)16-14(15)11(3)5-2/h4-7,9-10H,1,8H2,2-3H3/b11-5+. The van der Waals surface area contributed by atoms with Crippen LogP contribution in [0.1, 0.15) is 19.4 Å². The van der Waals surface area contributed by atoms with Crippen LogP contribution < -0.4 is 4.74 Å². The largest absolute Gasteiger partial charge is 0.423 e. The van der Waals surface area contributed by atoms with Crippen LogP contribution in [0.15, 0.2) is 48.6 Å². The highest BCUT2D eigenvalue weighted by Gasteiger charge is 2.08. The summed E-state index contributed by atoms with van der Waals surface area (Å²) in [4.78, 5) is 11.6. The quantitative estimate of drug-likeness (QED) is 0.334. The van der Waals surface area contributed by atoms with Crippen LogP contribution in [-0.2, 0) is 11.2 Å². The number of ether oxygens (including phenoxy) is 1. The maximum Gasteiger partial charge on any atom is 0.338 e. The van der Waals surface area contributed by atoms with Crippen molar-refractivity contribution in [2.75, 3.05) is 0 Å². The van der Waals surface area contributed by atoms with E-state index in [1.54, 1.807) is 25.1 Å². The third-order valence-electron chi connectivity index (χ3n) is 2.29. The van der Waals surface area contributed by atoms with E-state index in [4.69, 9.17) is 4.74 Å². The van der Waals surface area contributed by atoms with E-state index in [9.17, 15) is 4.79 Å². The highest BCUT2D eigenvalue weighted by atomic mass is 16.5. The average Bonchev–Trinajstić information content (AvgIpc) is 2.31. The number of esters is 1. The third kappa shape index (κ3) is 3.09. The molecule has 0 saturated heterocycles. The van der Waals surface area contributed by atoms with E-state index in [0.29, 0.717) is 17.7 Å². The van der Waals surface area contributed by atoms with Gasteiger partial charge in [0.05, 0.1) is 0 Å². The Hall–Kier alpha value is -1.83. The Morgan fingerprint density at radius 2 is 2.12 bits per heavy atom. The van der Waals surface area contributed by atoms with Crippen LogP contribution in [0.5, 0.6) is 5.75 Å². The first-order chi connectivity index (χ1) is 7.69. The summed E-state index contributed by atoms with van der Waals surface area (Å²) >= 11 is 0. The number of hydrogen-bond acceptors (Lipinski definition) is 2. The van der Waals surface area contributed by atoms with Crippen molar-refractivity contribution in [1.82, 2.24) is 0 Å². The summed E-state index contributed by atoms with van der Waals surface area (Å²) in [7, 11) is 0. The lowest BCUT2D eigenvalue weighted by molar-refractivity contribution is -0.130. The summed E-state index contributed by atoms with van der Waals surface area (Å²) in [5.41, 5.74) is 1.57. The maximum absolute atomic E-state index is 11.6. The van der Waals surface area contributed by atoms with Gasteiger partial charge < -0.3 is 4.74 Å². The molecule has 0 aliphatic heterocycles. The fourth-order valence-corrected chi connectivity index (χ4v) is 1.23. The first kappa shape index (κ1) is 12.2. The second kappa shape index (κ2) is 5.91. The lowest BCUT2D eigenvalue weighted by Crippen LogP contribution is -2.10. The number of hydrogen-bond donors (Lipinski definition) is 0. The van der Waals surface area contributed by atoms with Crippen LogP contribution in [0.2, 0.25) is 0 Å². The molecule has 0 saturated carbocycles. The van der Waals surface area contributed by atoms with E-state index in [1.165, 1.54) is 0 Å². The second-order valence-electron chi connectivity index (χ2n) is 3.46. The molecule has 0 unspecified atom stereocenters. The zero-order valence-corrected chi connectivity index (χ0v) is 9.69. The molecule has 0 aliphatic rings. The monoisotopic (exact) mass is 216 g/mol. The Morgan fingerprint density at radius 1 is 1.44 bits per heavy atom. The lowest BCUT2D eigenvalue weighted by atomic mass is 10.1. The molecule has 0 N–H and O–H groups in total. The van der Waals surface area contributed by atoms with Crippen molar-refractivity contribution in [3.05, 3.63) is 54.1 Å². The van der Waals surface area contributed by atoms with Gasteiger partial charge in [-0.1, -0.05) is 30.4 Å². The van der Waals surface area contributed by atoms with Gasteiger partial charge in [-0.3, -0.25) is 0 Å². The molecule has 2 nitrogen and oxygen atoms in total. The molecule has 0 bridgehead atoms. The highest BCUT2D eigenvalue weighted by molar-refractivity contribution is 5.89. The summed E-state index contributed by atoms with van der Waals surface area (Å²) in [5, 5.41) is 0. The third-order valence-corrected chi connectivity index (χ3v) is 2.29. The molecule has 0 radical (unpaired) electrons. The van der Waals surface area contributed by atoms with Gasteiger partial charge in [0.2, 0.25) is 0 Å². The van der Waals surface area contributed by atoms with Gasteiger partial charge in [-0.25, -0.2) is 4.79 Å². The number of benzene rings is 1. The molecular weight excluding hydrogens is 200 g/mol. The fraction of sp³-hybridized carbons (Fsp3) is 0.214. The Labute approximate surface area is 96.2 Å². The summed E-state index contributed by atoms with van der Waals surface area (Å²) < 4.78 is 5.30. The molecule has 16 heavy (non-hydrogen) atoms. The van der Waals surface area contributed by atoms with E-state index in [0.717, 1.165) is 5.56 Å². The molecule has 0 heterocycles. The van der Waals surface area contributed by atoms with Gasteiger partial charge in [0.25, 0.3) is 0 Å². The minimum Gasteiger partial charge on any atom is -0.423 e. The Morgan fingerprint density at radius 3 is 2.75 bits per heavy atom. The van der Waals surface area contributed by atoms with Crippen LogP contribution in [0, 0.1) is 0 Å². The predicted octanol–water partition coefficient (Wildman–Crippen LogP) is 3.29. The van der Waals surface area contributed by atoms with Gasteiger partial charge in [0.1, 0.15) is 5.75 Å². The van der Waals surface area contributed by atoms with Crippen molar-refractivity contribution in [1.29, 1.82) is 0 Å². The van der Waals surface area contributed by atoms with Crippen LogP contribution in [0.25, 0.3) is 0 Å². The first-order valence-corrected chi connectivity index (χ1v) is 5.23. The normalized spacial score (nSPS) is 11.0. The number of carbonyl (C=O) groups is 1. The van der Waals surface area contributed by atoms with Gasteiger partial charge in [-0.15, -0.1) is 6.58 Å². The molecule has 0 atom stereocenters. The minimum atomic E-state index is -0.306. The molecule has 1 aromatic rings. The second-order valence-corrected chi connectivity index (χ2v) is 3.46. The summed E-state index contributed by atoms with van der Waals surface area (Å²) in [5.74, 6) is 0.299. The molecule has 0 aromatic heterocycles. The Balaban J connectivity index is 2.88. The Kier molecular flexibility index (Phi) is 4.52. The first-order valence-electron chi connectivity index (χ1n) is 5.23. The molecule has 0 amide bonds. The zero-order valence-electron chi connectivity index (χ0n) is 9.69. The summed E-state index contributed by atoms with van der Waals surface area (Å²) in [6.07, 6.45) is 4.21. The van der Waals surface area contributed by atoms with E-state index in [1.807, 2.05) is 25.1 Å².